The van der Waals surface area contributed by atoms with Crippen molar-refractivity contribution in [3.05, 3.63) is 101 Å². The van der Waals surface area contributed by atoms with Gasteiger partial charge in [0, 0.05) is 17.7 Å². The highest BCUT2D eigenvalue weighted by molar-refractivity contribution is 5.59. The van der Waals surface area contributed by atoms with Gasteiger partial charge in [-0.25, -0.2) is 0 Å². The van der Waals surface area contributed by atoms with E-state index in [1.165, 1.54) is 16.7 Å². The molecule has 26 heavy (non-hydrogen) atoms. The van der Waals surface area contributed by atoms with Crippen LogP contribution in [-0.2, 0) is 6.42 Å². The van der Waals surface area contributed by atoms with Gasteiger partial charge in [-0.05, 0) is 42.7 Å². The van der Waals surface area contributed by atoms with E-state index in [0.717, 1.165) is 29.3 Å². The summed E-state index contributed by atoms with van der Waals surface area (Å²) in [6.45, 7) is 4.31. The van der Waals surface area contributed by atoms with Crippen molar-refractivity contribution in [1.29, 1.82) is 0 Å². The highest BCUT2D eigenvalue weighted by Crippen LogP contribution is 2.25. The maximum Gasteiger partial charge on any atom is 0.168 e. The molecule has 0 aliphatic heterocycles. The maximum absolute atomic E-state index is 4.56. The van der Waals surface area contributed by atoms with Crippen LogP contribution in [0.1, 0.15) is 22.5 Å². The smallest absolute Gasteiger partial charge is 0.168 e. The number of benzene rings is 3. The van der Waals surface area contributed by atoms with E-state index in [9.17, 15) is 0 Å². The van der Waals surface area contributed by atoms with Crippen LogP contribution < -0.4 is 0 Å². The lowest BCUT2D eigenvalue weighted by molar-refractivity contribution is 0.898. The Morgan fingerprint density at radius 3 is 1.96 bits per heavy atom. The molecule has 1 heterocycles. The van der Waals surface area contributed by atoms with Crippen LogP contribution in [-0.4, -0.2) is 14.8 Å². The van der Waals surface area contributed by atoms with E-state index in [1.54, 1.807) is 0 Å². The topological polar surface area (TPSA) is 30.7 Å². The summed E-state index contributed by atoms with van der Waals surface area (Å²) in [7, 11) is 0. The number of hydrogen-bond acceptors (Lipinski definition) is 2. The standard InChI is InChI=1S/C23H21N3/c1-17-10-9-11-18(2)21(17)16-22-24-25-23(19-12-5-3-6-13-19)26(22)20-14-7-4-8-15-20/h3-15H,16H2,1-2H3. The molecule has 0 aliphatic carbocycles. The first-order valence-corrected chi connectivity index (χ1v) is 8.84. The van der Waals surface area contributed by atoms with Gasteiger partial charge < -0.3 is 0 Å². The van der Waals surface area contributed by atoms with E-state index in [-0.39, 0.29) is 0 Å². The molecule has 3 nitrogen and oxygen atoms in total. The average Bonchev–Trinajstić information content (AvgIpc) is 3.10. The van der Waals surface area contributed by atoms with E-state index in [1.807, 2.05) is 36.4 Å². The van der Waals surface area contributed by atoms with Crippen molar-refractivity contribution in [3.63, 3.8) is 0 Å². The molecule has 0 bridgehead atoms. The normalized spacial score (nSPS) is 10.8. The van der Waals surface area contributed by atoms with Crippen molar-refractivity contribution in [2.45, 2.75) is 20.3 Å². The zero-order valence-corrected chi connectivity index (χ0v) is 15.1. The first-order valence-electron chi connectivity index (χ1n) is 8.84. The third-order valence-corrected chi connectivity index (χ3v) is 4.76. The minimum absolute atomic E-state index is 0.757. The first kappa shape index (κ1) is 16.3. The molecule has 3 heteroatoms. The van der Waals surface area contributed by atoms with Gasteiger partial charge in [0.15, 0.2) is 5.82 Å². The molecule has 0 atom stereocenters. The molecule has 0 saturated carbocycles. The predicted octanol–water partition coefficient (Wildman–Crippen LogP) is 5.14. The van der Waals surface area contributed by atoms with Crippen molar-refractivity contribution in [2.75, 3.05) is 0 Å². The lowest BCUT2D eigenvalue weighted by atomic mass is 10.00. The van der Waals surface area contributed by atoms with Crippen LogP contribution in [0.5, 0.6) is 0 Å². The second-order valence-corrected chi connectivity index (χ2v) is 6.52. The van der Waals surface area contributed by atoms with E-state index in [0.29, 0.717) is 0 Å². The zero-order chi connectivity index (χ0) is 17.9. The molecule has 4 aromatic rings. The number of rotatable bonds is 4. The molecular formula is C23H21N3. The van der Waals surface area contributed by atoms with Gasteiger partial charge in [0.1, 0.15) is 5.82 Å². The molecule has 0 amide bonds. The van der Waals surface area contributed by atoms with Crippen LogP contribution >= 0.6 is 0 Å². The highest BCUT2D eigenvalue weighted by atomic mass is 15.3. The van der Waals surface area contributed by atoms with Crippen LogP contribution in [0.2, 0.25) is 0 Å². The summed E-state index contributed by atoms with van der Waals surface area (Å²) in [6.07, 6.45) is 0.757. The summed E-state index contributed by atoms with van der Waals surface area (Å²) in [4.78, 5) is 0. The minimum atomic E-state index is 0.757. The van der Waals surface area contributed by atoms with Gasteiger partial charge in [0.2, 0.25) is 0 Å². The van der Waals surface area contributed by atoms with Crippen molar-refractivity contribution >= 4 is 0 Å². The summed E-state index contributed by atoms with van der Waals surface area (Å²) in [5, 5.41) is 9.09. The SMILES string of the molecule is Cc1cccc(C)c1Cc1nnc(-c2ccccc2)n1-c1ccccc1. The van der Waals surface area contributed by atoms with E-state index >= 15 is 0 Å². The van der Waals surface area contributed by atoms with Crippen molar-refractivity contribution in [2.24, 2.45) is 0 Å². The second-order valence-electron chi connectivity index (χ2n) is 6.52. The molecule has 0 spiro atoms. The summed E-state index contributed by atoms with van der Waals surface area (Å²) in [5.74, 6) is 1.82. The zero-order valence-electron chi connectivity index (χ0n) is 15.1. The Morgan fingerprint density at radius 2 is 1.31 bits per heavy atom. The number of aryl methyl sites for hydroxylation is 2. The van der Waals surface area contributed by atoms with Crippen LogP contribution in [0.3, 0.4) is 0 Å². The molecule has 0 radical (unpaired) electrons. The number of hydrogen-bond donors (Lipinski definition) is 0. The Labute approximate surface area is 154 Å². The molecule has 4 rings (SSSR count). The Morgan fingerprint density at radius 1 is 0.692 bits per heavy atom. The Bertz CT molecular complexity index is 998. The summed E-state index contributed by atoms with van der Waals surface area (Å²) in [6, 6.07) is 27.0. The lowest BCUT2D eigenvalue weighted by Gasteiger charge is -2.13. The van der Waals surface area contributed by atoms with Gasteiger partial charge in [-0.1, -0.05) is 66.7 Å². The Balaban J connectivity index is 1.87. The molecule has 1 aromatic heterocycles. The minimum Gasteiger partial charge on any atom is -0.279 e. The Kier molecular flexibility index (Phi) is 4.36. The van der Waals surface area contributed by atoms with Gasteiger partial charge in [0.25, 0.3) is 0 Å². The van der Waals surface area contributed by atoms with E-state index < -0.39 is 0 Å². The van der Waals surface area contributed by atoms with E-state index in [4.69, 9.17) is 0 Å². The molecular weight excluding hydrogens is 318 g/mol. The fourth-order valence-electron chi connectivity index (χ4n) is 3.34. The van der Waals surface area contributed by atoms with Gasteiger partial charge in [-0.3, -0.25) is 4.57 Å². The summed E-state index contributed by atoms with van der Waals surface area (Å²) in [5.41, 5.74) is 6.04. The predicted molar refractivity (Wildman–Crippen MR) is 106 cm³/mol. The van der Waals surface area contributed by atoms with Crippen LogP contribution in [0, 0.1) is 13.8 Å². The number of para-hydroxylation sites is 1. The fraction of sp³-hybridized carbons (Fsp3) is 0.130. The van der Waals surface area contributed by atoms with Gasteiger partial charge in [-0.15, -0.1) is 10.2 Å². The van der Waals surface area contributed by atoms with Crippen molar-refractivity contribution < 1.29 is 0 Å². The lowest BCUT2D eigenvalue weighted by Crippen LogP contribution is -2.06. The first-order chi connectivity index (χ1) is 12.7. The van der Waals surface area contributed by atoms with Crippen molar-refractivity contribution in [3.8, 4) is 17.1 Å². The molecule has 0 aliphatic rings. The number of aromatic nitrogens is 3. The van der Waals surface area contributed by atoms with Crippen LogP contribution in [0.15, 0.2) is 78.9 Å². The molecule has 0 saturated heterocycles. The quantitative estimate of drug-likeness (QED) is 0.515. The molecule has 3 aromatic carbocycles. The molecule has 128 valence electrons. The molecule has 0 fully saturated rings. The summed E-state index contributed by atoms with van der Waals surface area (Å²) < 4.78 is 2.17. The maximum atomic E-state index is 4.56. The fourth-order valence-corrected chi connectivity index (χ4v) is 3.34. The molecule has 0 unspecified atom stereocenters. The van der Waals surface area contributed by atoms with Crippen molar-refractivity contribution in [1.82, 2.24) is 14.8 Å². The van der Waals surface area contributed by atoms with Crippen LogP contribution in [0.4, 0.5) is 0 Å². The third-order valence-electron chi connectivity index (χ3n) is 4.76. The second kappa shape index (κ2) is 6.96. The van der Waals surface area contributed by atoms with Gasteiger partial charge >= 0.3 is 0 Å². The van der Waals surface area contributed by atoms with Gasteiger partial charge in [-0.2, -0.15) is 0 Å². The van der Waals surface area contributed by atoms with Crippen LogP contribution in [0.25, 0.3) is 17.1 Å². The van der Waals surface area contributed by atoms with Gasteiger partial charge in [0.05, 0.1) is 0 Å². The monoisotopic (exact) mass is 339 g/mol. The molecule has 0 N–H and O–H groups in total. The average molecular weight is 339 g/mol. The largest absolute Gasteiger partial charge is 0.279 e. The summed E-state index contributed by atoms with van der Waals surface area (Å²) >= 11 is 0. The Hall–Kier alpha value is -3.20. The third kappa shape index (κ3) is 3.04. The highest BCUT2D eigenvalue weighted by Gasteiger charge is 2.17. The van der Waals surface area contributed by atoms with E-state index in [2.05, 4.69) is 71.1 Å². The number of nitrogens with zero attached hydrogens (tertiary/aromatic N) is 3.